The summed E-state index contributed by atoms with van der Waals surface area (Å²) in [6.07, 6.45) is 0.195. The highest BCUT2D eigenvalue weighted by molar-refractivity contribution is 14.1. The van der Waals surface area contributed by atoms with E-state index in [1.807, 2.05) is 0 Å². The van der Waals surface area contributed by atoms with Crippen molar-refractivity contribution in [2.75, 3.05) is 6.61 Å². The zero-order valence-electron chi connectivity index (χ0n) is 8.59. The quantitative estimate of drug-likeness (QED) is 0.585. The van der Waals surface area contributed by atoms with Gasteiger partial charge in [0.25, 0.3) is 0 Å². The summed E-state index contributed by atoms with van der Waals surface area (Å²) < 4.78 is 6.63. The van der Waals surface area contributed by atoms with Crippen molar-refractivity contribution in [3.8, 4) is 6.07 Å². The Morgan fingerprint density at radius 3 is 2.88 bits per heavy atom. The van der Waals surface area contributed by atoms with Crippen LogP contribution in [0.2, 0.25) is 0 Å². The zero-order valence-corrected chi connectivity index (χ0v) is 12.3. The van der Waals surface area contributed by atoms with Gasteiger partial charge in [0.15, 0.2) is 0 Å². The summed E-state index contributed by atoms with van der Waals surface area (Å²) in [5.74, 6) is -0.276. The van der Waals surface area contributed by atoms with Crippen molar-refractivity contribution < 1.29 is 9.53 Å². The summed E-state index contributed by atoms with van der Waals surface area (Å²) in [5.41, 5.74) is 1.34. The third kappa shape index (κ3) is 3.46. The van der Waals surface area contributed by atoms with Gasteiger partial charge in [-0.05, 0) is 63.1 Å². The van der Waals surface area contributed by atoms with Gasteiger partial charge in [-0.25, -0.2) is 0 Å². The van der Waals surface area contributed by atoms with Crippen LogP contribution >= 0.6 is 38.5 Å². The average molecular weight is 394 g/mol. The van der Waals surface area contributed by atoms with Crippen LogP contribution < -0.4 is 0 Å². The van der Waals surface area contributed by atoms with Gasteiger partial charge in [-0.15, -0.1) is 0 Å². The number of ether oxygens (including phenoxy) is 1. The molecule has 16 heavy (non-hydrogen) atoms. The van der Waals surface area contributed by atoms with E-state index in [0.29, 0.717) is 12.2 Å². The van der Waals surface area contributed by atoms with Crippen LogP contribution in [0.25, 0.3) is 0 Å². The van der Waals surface area contributed by atoms with Crippen LogP contribution in [-0.2, 0) is 16.0 Å². The number of halogens is 2. The molecular weight excluding hydrogens is 385 g/mol. The van der Waals surface area contributed by atoms with Gasteiger partial charge in [0.05, 0.1) is 24.7 Å². The molecule has 0 spiro atoms. The minimum Gasteiger partial charge on any atom is -0.466 e. The summed E-state index contributed by atoms with van der Waals surface area (Å²) in [7, 11) is 0. The molecule has 0 radical (unpaired) electrons. The van der Waals surface area contributed by atoms with Gasteiger partial charge >= 0.3 is 5.97 Å². The van der Waals surface area contributed by atoms with Crippen molar-refractivity contribution in [3.63, 3.8) is 0 Å². The van der Waals surface area contributed by atoms with Crippen LogP contribution in [0.15, 0.2) is 16.6 Å². The second-order valence-electron chi connectivity index (χ2n) is 3.02. The van der Waals surface area contributed by atoms with Gasteiger partial charge in [-0.3, -0.25) is 4.79 Å². The van der Waals surface area contributed by atoms with E-state index in [2.05, 4.69) is 44.6 Å². The number of benzene rings is 1. The van der Waals surface area contributed by atoms with E-state index in [4.69, 9.17) is 10.00 Å². The van der Waals surface area contributed by atoms with Crippen LogP contribution in [0.5, 0.6) is 0 Å². The van der Waals surface area contributed by atoms with Gasteiger partial charge in [0.2, 0.25) is 0 Å². The first-order valence-electron chi connectivity index (χ1n) is 4.62. The molecule has 0 bridgehead atoms. The average Bonchev–Trinajstić information content (AvgIpc) is 2.24. The van der Waals surface area contributed by atoms with Crippen molar-refractivity contribution in [3.05, 3.63) is 31.3 Å². The number of carbonyl (C=O) groups is 1. The molecule has 1 aromatic carbocycles. The minimum absolute atomic E-state index is 0.195. The molecule has 84 valence electrons. The Bertz CT molecular complexity index is 454. The molecule has 5 heteroatoms. The fraction of sp³-hybridized carbons (Fsp3) is 0.273. The largest absolute Gasteiger partial charge is 0.466 e. The molecule has 0 heterocycles. The molecule has 0 saturated heterocycles. The first-order chi connectivity index (χ1) is 7.58. The van der Waals surface area contributed by atoms with Crippen LogP contribution in [0.4, 0.5) is 0 Å². The highest BCUT2D eigenvalue weighted by atomic mass is 127. The van der Waals surface area contributed by atoms with E-state index in [-0.39, 0.29) is 12.4 Å². The van der Waals surface area contributed by atoms with Gasteiger partial charge in [-0.1, -0.05) is 0 Å². The SMILES string of the molecule is CCOC(=O)Cc1cc(C#N)cc(Br)c1I. The van der Waals surface area contributed by atoms with Gasteiger partial charge in [0.1, 0.15) is 0 Å². The maximum Gasteiger partial charge on any atom is 0.310 e. The van der Waals surface area contributed by atoms with Crippen molar-refractivity contribution in [2.24, 2.45) is 0 Å². The first kappa shape index (κ1) is 13.5. The number of carbonyl (C=O) groups excluding carboxylic acids is 1. The predicted molar refractivity (Wildman–Crippen MR) is 71.9 cm³/mol. The molecule has 0 aliphatic carbocycles. The zero-order chi connectivity index (χ0) is 12.1. The molecule has 0 aliphatic rings. The maximum absolute atomic E-state index is 11.4. The Morgan fingerprint density at radius 2 is 2.31 bits per heavy atom. The summed E-state index contributed by atoms with van der Waals surface area (Å²) in [5, 5.41) is 8.83. The lowest BCUT2D eigenvalue weighted by atomic mass is 10.1. The fourth-order valence-corrected chi connectivity index (χ4v) is 2.21. The minimum atomic E-state index is -0.276. The van der Waals surface area contributed by atoms with Crippen molar-refractivity contribution in [1.82, 2.24) is 0 Å². The van der Waals surface area contributed by atoms with Crippen LogP contribution in [0.1, 0.15) is 18.1 Å². The lowest BCUT2D eigenvalue weighted by molar-refractivity contribution is -0.142. The third-order valence-corrected chi connectivity index (χ3v) is 4.51. The third-order valence-electron chi connectivity index (χ3n) is 1.87. The molecule has 0 aliphatic heterocycles. The molecule has 0 atom stereocenters. The molecule has 0 N–H and O–H groups in total. The van der Waals surface area contributed by atoms with Gasteiger partial charge in [0, 0.05) is 8.04 Å². The monoisotopic (exact) mass is 393 g/mol. The second kappa shape index (κ2) is 6.21. The summed E-state index contributed by atoms with van der Waals surface area (Å²) in [6.45, 7) is 2.14. The molecule has 0 amide bonds. The normalized spacial score (nSPS) is 9.62. The summed E-state index contributed by atoms with van der Waals surface area (Å²) in [4.78, 5) is 11.4. The Kier molecular flexibility index (Phi) is 5.22. The lowest BCUT2D eigenvalue weighted by Crippen LogP contribution is -2.09. The van der Waals surface area contributed by atoms with Crippen molar-refractivity contribution >= 4 is 44.5 Å². The van der Waals surface area contributed by atoms with E-state index in [9.17, 15) is 4.79 Å². The Labute approximate surface area is 116 Å². The smallest absolute Gasteiger partial charge is 0.310 e. The Hall–Kier alpha value is -0.610. The molecule has 3 nitrogen and oxygen atoms in total. The first-order valence-corrected chi connectivity index (χ1v) is 6.49. The number of nitriles is 1. The molecule has 1 aromatic rings. The van der Waals surface area contributed by atoms with Gasteiger partial charge < -0.3 is 4.74 Å². The molecule has 1 rings (SSSR count). The topological polar surface area (TPSA) is 50.1 Å². The van der Waals surface area contributed by atoms with Gasteiger partial charge in [-0.2, -0.15) is 5.26 Å². The molecule has 0 aromatic heterocycles. The number of rotatable bonds is 3. The fourth-order valence-electron chi connectivity index (χ4n) is 1.21. The second-order valence-corrected chi connectivity index (χ2v) is 4.96. The number of nitrogens with zero attached hydrogens (tertiary/aromatic N) is 1. The molecular formula is C11H9BrINO2. The lowest BCUT2D eigenvalue weighted by Gasteiger charge is -2.06. The van der Waals surface area contributed by atoms with Crippen LogP contribution in [0, 0.1) is 14.9 Å². The summed E-state index contributed by atoms with van der Waals surface area (Å²) >= 11 is 5.49. The molecule has 0 fully saturated rings. The van der Waals surface area contributed by atoms with Crippen molar-refractivity contribution in [2.45, 2.75) is 13.3 Å². The van der Waals surface area contributed by atoms with E-state index >= 15 is 0 Å². The van der Waals surface area contributed by atoms with Crippen LogP contribution in [0.3, 0.4) is 0 Å². The van der Waals surface area contributed by atoms with E-state index in [1.165, 1.54) is 0 Å². The van der Waals surface area contributed by atoms with E-state index in [1.54, 1.807) is 19.1 Å². The Morgan fingerprint density at radius 1 is 1.62 bits per heavy atom. The number of esters is 1. The standard InChI is InChI=1S/C11H9BrINO2/c1-2-16-10(15)5-8-3-7(6-14)4-9(12)11(8)13/h3-4H,2,5H2,1H3. The van der Waals surface area contributed by atoms with E-state index < -0.39 is 0 Å². The van der Waals surface area contributed by atoms with Crippen LogP contribution in [-0.4, -0.2) is 12.6 Å². The highest BCUT2D eigenvalue weighted by Gasteiger charge is 2.11. The highest BCUT2D eigenvalue weighted by Crippen LogP contribution is 2.25. The molecule has 0 saturated carbocycles. The Balaban J connectivity index is 3.00. The number of hydrogen-bond acceptors (Lipinski definition) is 3. The predicted octanol–water partition coefficient (Wildman–Crippen LogP) is 3.03. The molecule has 0 unspecified atom stereocenters. The van der Waals surface area contributed by atoms with Crippen molar-refractivity contribution in [1.29, 1.82) is 5.26 Å². The maximum atomic E-state index is 11.4. The number of hydrogen-bond donors (Lipinski definition) is 0. The van der Waals surface area contributed by atoms with E-state index in [0.717, 1.165) is 13.6 Å². The summed E-state index contributed by atoms with van der Waals surface area (Å²) in [6, 6.07) is 5.50.